The van der Waals surface area contributed by atoms with Gasteiger partial charge in [0.05, 0.1) is 12.0 Å². The van der Waals surface area contributed by atoms with Crippen molar-refractivity contribution >= 4 is 17.5 Å². The van der Waals surface area contributed by atoms with Crippen LogP contribution in [-0.4, -0.2) is 29.1 Å². The van der Waals surface area contributed by atoms with E-state index in [-0.39, 0.29) is 18.2 Å². The van der Waals surface area contributed by atoms with Crippen LogP contribution in [0.5, 0.6) is 0 Å². The second kappa shape index (κ2) is 7.97. The third-order valence-corrected chi connectivity index (χ3v) is 2.26. The first-order valence-corrected chi connectivity index (χ1v) is 6.13. The van der Waals surface area contributed by atoms with Crippen LogP contribution in [0, 0.1) is 0 Å². The minimum Gasteiger partial charge on any atom is -0.356 e. The van der Waals surface area contributed by atoms with Gasteiger partial charge in [0.15, 0.2) is 0 Å². The average Bonchev–Trinajstić information content (AvgIpc) is 2.43. The topological polar surface area (TPSA) is 83.5 Å². The average molecular weight is 262 g/mol. The number of hydrogen-bond acceptors (Lipinski definition) is 4. The van der Waals surface area contributed by atoms with Crippen molar-refractivity contribution < 1.29 is 9.59 Å². The molecule has 0 spiro atoms. The summed E-state index contributed by atoms with van der Waals surface area (Å²) in [6.45, 7) is 4.32. The molecule has 102 valence electrons. The van der Waals surface area contributed by atoms with Gasteiger partial charge < -0.3 is 5.32 Å². The molecule has 19 heavy (non-hydrogen) atoms. The van der Waals surface area contributed by atoms with Crippen molar-refractivity contribution in [1.82, 2.24) is 15.7 Å². The van der Waals surface area contributed by atoms with Crippen LogP contribution in [0.1, 0.15) is 37.0 Å². The summed E-state index contributed by atoms with van der Waals surface area (Å²) in [4.78, 5) is 26.9. The van der Waals surface area contributed by atoms with Gasteiger partial charge in [-0.3, -0.25) is 14.6 Å². The molecule has 0 unspecified atom stereocenters. The first kappa shape index (κ1) is 14.8. The molecule has 0 radical (unpaired) electrons. The molecule has 6 heteroatoms. The maximum atomic E-state index is 11.6. The Bertz CT molecular complexity index is 457. The minimum absolute atomic E-state index is 0.0984. The van der Waals surface area contributed by atoms with Crippen LogP contribution >= 0.6 is 0 Å². The van der Waals surface area contributed by atoms with Gasteiger partial charge >= 0.3 is 0 Å². The maximum Gasteiger partial charge on any atom is 0.272 e. The molecule has 0 saturated carbocycles. The Labute approximate surface area is 112 Å². The van der Waals surface area contributed by atoms with Crippen LogP contribution in [-0.2, 0) is 4.79 Å². The van der Waals surface area contributed by atoms with E-state index in [1.807, 2.05) is 6.92 Å². The highest BCUT2D eigenvalue weighted by Crippen LogP contribution is 1.95. The lowest BCUT2D eigenvalue weighted by molar-refractivity contribution is -0.119. The molecular formula is C13H18N4O2. The van der Waals surface area contributed by atoms with E-state index in [1.54, 1.807) is 25.3 Å². The highest BCUT2D eigenvalue weighted by molar-refractivity contribution is 6.01. The predicted molar refractivity (Wildman–Crippen MR) is 72.7 cm³/mol. The van der Waals surface area contributed by atoms with Crippen LogP contribution in [0.4, 0.5) is 0 Å². The smallest absolute Gasteiger partial charge is 0.272 e. The van der Waals surface area contributed by atoms with E-state index in [0.717, 1.165) is 6.42 Å². The zero-order chi connectivity index (χ0) is 14.1. The lowest BCUT2D eigenvalue weighted by Gasteiger charge is -2.04. The molecule has 1 rings (SSSR count). The highest BCUT2D eigenvalue weighted by Gasteiger charge is 2.05. The lowest BCUT2D eigenvalue weighted by atomic mass is 10.3. The fourth-order valence-electron chi connectivity index (χ4n) is 1.31. The Morgan fingerprint density at radius 1 is 1.42 bits per heavy atom. The summed E-state index contributed by atoms with van der Waals surface area (Å²) in [6.07, 6.45) is 4.10. The zero-order valence-corrected chi connectivity index (χ0v) is 11.1. The molecule has 1 aromatic rings. The highest BCUT2D eigenvalue weighted by atomic mass is 16.2. The Morgan fingerprint density at radius 2 is 2.21 bits per heavy atom. The number of carbonyl (C=O) groups excluding carboxylic acids is 2. The van der Waals surface area contributed by atoms with E-state index < -0.39 is 0 Å². The van der Waals surface area contributed by atoms with Gasteiger partial charge in [-0.05, 0) is 25.5 Å². The van der Waals surface area contributed by atoms with Crippen molar-refractivity contribution in [3.8, 4) is 0 Å². The predicted octanol–water partition coefficient (Wildman–Crippen LogP) is 1.10. The monoisotopic (exact) mass is 262 g/mol. The van der Waals surface area contributed by atoms with E-state index in [2.05, 4.69) is 20.8 Å². The van der Waals surface area contributed by atoms with Crippen molar-refractivity contribution in [1.29, 1.82) is 0 Å². The number of amides is 2. The van der Waals surface area contributed by atoms with E-state index in [4.69, 9.17) is 0 Å². The molecule has 0 saturated heterocycles. The SMILES string of the molecule is CCCNC(=O)C/C(C)=N/NC(=O)c1cccnc1. The number of nitrogens with one attached hydrogen (secondary N) is 2. The number of aromatic nitrogens is 1. The molecule has 0 aliphatic rings. The number of hydrogen-bond donors (Lipinski definition) is 2. The molecule has 0 atom stereocenters. The number of nitrogens with zero attached hydrogens (tertiary/aromatic N) is 2. The van der Waals surface area contributed by atoms with Crippen LogP contribution in [0.25, 0.3) is 0 Å². The lowest BCUT2D eigenvalue weighted by Crippen LogP contribution is -2.27. The molecule has 0 aromatic carbocycles. The largest absolute Gasteiger partial charge is 0.356 e. The molecule has 1 aromatic heterocycles. The van der Waals surface area contributed by atoms with E-state index in [9.17, 15) is 9.59 Å². The molecule has 0 bridgehead atoms. The second-order valence-electron chi connectivity index (χ2n) is 4.06. The molecule has 6 nitrogen and oxygen atoms in total. The van der Waals surface area contributed by atoms with Crippen LogP contribution in [0.15, 0.2) is 29.6 Å². The van der Waals surface area contributed by atoms with Gasteiger partial charge in [-0.2, -0.15) is 5.10 Å². The van der Waals surface area contributed by atoms with Gasteiger partial charge in [-0.1, -0.05) is 6.92 Å². The summed E-state index contributed by atoms with van der Waals surface area (Å²) in [5, 5.41) is 6.62. The Morgan fingerprint density at radius 3 is 2.84 bits per heavy atom. The first-order chi connectivity index (χ1) is 9.13. The van der Waals surface area contributed by atoms with Crippen molar-refractivity contribution in [2.24, 2.45) is 5.10 Å². The van der Waals surface area contributed by atoms with Gasteiger partial charge in [-0.15, -0.1) is 0 Å². The van der Waals surface area contributed by atoms with Gasteiger partial charge in [0.2, 0.25) is 5.91 Å². The number of rotatable bonds is 6. The van der Waals surface area contributed by atoms with Gasteiger partial charge in [0.25, 0.3) is 5.91 Å². The normalized spacial score (nSPS) is 10.9. The number of hydrazone groups is 1. The quantitative estimate of drug-likeness (QED) is 0.595. The Kier molecular flexibility index (Phi) is 6.21. The maximum absolute atomic E-state index is 11.6. The Balaban J connectivity index is 2.43. The van der Waals surface area contributed by atoms with E-state index in [1.165, 1.54) is 6.20 Å². The molecule has 2 N–H and O–H groups in total. The standard InChI is InChI=1S/C13H18N4O2/c1-3-6-15-12(18)8-10(2)16-17-13(19)11-5-4-7-14-9-11/h4-5,7,9H,3,6,8H2,1-2H3,(H,15,18)(H,17,19)/b16-10+. The fourth-order valence-corrected chi connectivity index (χ4v) is 1.31. The zero-order valence-electron chi connectivity index (χ0n) is 11.1. The van der Waals surface area contributed by atoms with E-state index >= 15 is 0 Å². The van der Waals surface area contributed by atoms with Crippen molar-refractivity contribution in [2.75, 3.05) is 6.54 Å². The van der Waals surface area contributed by atoms with Crippen molar-refractivity contribution in [3.05, 3.63) is 30.1 Å². The van der Waals surface area contributed by atoms with Gasteiger partial charge in [-0.25, -0.2) is 5.43 Å². The van der Waals surface area contributed by atoms with Crippen LogP contribution < -0.4 is 10.7 Å². The molecule has 0 fully saturated rings. The van der Waals surface area contributed by atoms with Gasteiger partial charge in [0, 0.05) is 24.7 Å². The third kappa shape index (κ3) is 5.76. The molecule has 1 heterocycles. The van der Waals surface area contributed by atoms with E-state index in [0.29, 0.717) is 17.8 Å². The third-order valence-electron chi connectivity index (χ3n) is 2.26. The number of carbonyl (C=O) groups is 2. The molecule has 0 aliphatic carbocycles. The first-order valence-electron chi connectivity index (χ1n) is 6.13. The van der Waals surface area contributed by atoms with Crippen molar-refractivity contribution in [3.63, 3.8) is 0 Å². The summed E-state index contributed by atoms with van der Waals surface area (Å²) < 4.78 is 0. The molecule has 0 aliphatic heterocycles. The summed E-state index contributed by atoms with van der Waals surface area (Å²) in [7, 11) is 0. The number of pyridine rings is 1. The summed E-state index contributed by atoms with van der Waals surface area (Å²) in [5.41, 5.74) is 3.36. The van der Waals surface area contributed by atoms with Crippen LogP contribution in [0.2, 0.25) is 0 Å². The molecular weight excluding hydrogens is 244 g/mol. The second-order valence-corrected chi connectivity index (χ2v) is 4.06. The fraction of sp³-hybridized carbons (Fsp3) is 0.385. The van der Waals surface area contributed by atoms with Crippen LogP contribution in [0.3, 0.4) is 0 Å². The molecule has 2 amide bonds. The summed E-state index contributed by atoms with van der Waals surface area (Å²) in [5.74, 6) is -0.444. The Hall–Kier alpha value is -2.24. The van der Waals surface area contributed by atoms with Gasteiger partial charge in [0.1, 0.15) is 0 Å². The van der Waals surface area contributed by atoms with Crippen molar-refractivity contribution in [2.45, 2.75) is 26.7 Å². The summed E-state index contributed by atoms with van der Waals surface area (Å²) >= 11 is 0. The summed E-state index contributed by atoms with van der Waals surface area (Å²) in [6, 6.07) is 3.31. The minimum atomic E-state index is -0.346.